The minimum Gasteiger partial charge on any atom is -0.497 e. The highest BCUT2D eigenvalue weighted by molar-refractivity contribution is 5.72. The molecule has 4 nitrogen and oxygen atoms in total. The molecule has 1 aromatic carbocycles. The Hall–Kier alpha value is -1.55. The fourth-order valence-electron chi connectivity index (χ4n) is 7.17. The van der Waals surface area contributed by atoms with E-state index in [-0.39, 0.29) is 5.91 Å². The van der Waals surface area contributed by atoms with Crippen molar-refractivity contribution in [2.24, 2.45) is 17.3 Å². The standard InChI is InChI=1S/C27H42N2O2/c1-19(30)28-16-6-4-5-7-17-29-26-13-12-25-24-10-8-20-18-21(31-3)9-11-22(20)23(24)14-15-27(25,26)2/h9,11,18,23-26,29H,4-8,10,12-17H2,1-3H3,(H,28,30)/t23-,24-,25+,26?,27+/m1/s1. The maximum absolute atomic E-state index is 10.9. The van der Waals surface area contributed by atoms with Crippen molar-refractivity contribution in [1.29, 1.82) is 0 Å². The van der Waals surface area contributed by atoms with E-state index in [1.807, 2.05) is 0 Å². The molecule has 1 amide bonds. The third-order valence-corrected chi connectivity index (χ3v) is 8.80. The summed E-state index contributed by atoms with van der Waals surface area (Å²) in [5.41, 5.74) is 3.63. The number of ether oxygens (including phenoxy) is 1. The summed E-state index contributed by atoms with van der Waals surface area (Å²) in [5.74, 6) is 3.59. The summed E-state index contributed by atoms with van der Waals surface area (Å²) in [6, 6.07) is 7.51. The van der Waals surface area contributed by atoms with Crippen LogP contribution in [0.3, 0.4) is 0 Å². The first kappa shape index (κ1) is 22.6. The average Bonchev–Trinajstić information content (AvgIpc) is 3.11. The zero-order valence-corrected chi connectivity index (χ0v) is 19.8. The number of carbonyl (C=O) groups is 1. The van der Waals surface area contributed by atoms with Gasteiger partial charge in [0.15, 0.2) is 0 Å². The van der Waals surface area contributed by atoms with Crippen LogP contribution in [0, 0.1) is 17.3 Å². The Morgan fingerprint density at radius 3 is 2.68 bits per heavy atom. The van der Waals surface area contributed by atoms with Crippen LogP contribution >= 0.6 is 0 Å². The number of fused-ring (bicyclic) bond motifs is 5. The molecule has 0 bridgehead atoms. The number of hydrogen-bond donors (Lipinski definition) is 2. The highest BCUT2D eigenvalue weighted by Crippen LogP contribution is 2.60. The predicted octanol–water partition coefficient (Wildman–Crippen LogP) is 5.21. The van der Waals surface area contributed by atoms with Crippen molar-refractivity contribution in [2.45, 2.75) is 90.0 Å². The van der Waals surface area contributed by atoms with Crippen LogP contribution in [0.1, 0.15) is 88.7 Å². The van der Waals surface area contributed by atoms with E-state index in [0.717, 1.165) is 43.0 Å². The van der Waals surface area contributed by atoms with Gasteiger partial charge in [-0.25, -0.2) is 0 Å². The molecule has 172 valence electrons. The molecule has 0 aromatic heterocycles. The number of unbranched alkanes of at least 4 members (excludes halogenated alkanes) is 3. The zero-order valence-electron chi connectivity index (χ0n) is 19.8. The number of methoxy groups -OCH3 is 1. The van der Waals surface area contributed by atoms with E-state index in [1.54, 1.807) is 19.6 Å². The van der Waals surface area contributed by atoms with Crippen molar-refractivity contribution in [3.05, 3.63) is 29.3 Å². The molecule has 0 spiro atoms. The third-order valence-electron chi connectivity index (χ3n) is 8.80. The molecular weight excluding hydrogens is 384 g/mol. The summed E-state index contributed by atoms with van der Waals surface area (Å²) >= 11 is 0. The first-order valence-corrected chi connectivity index (χ1v) is 12.7. The fraction of sp³-hybridized carbons (Fsp3) is 0.741. The number of hydrogen-bond acceptors (Lipinski definition) is 3. The molecular formula is C27H42N2O2. The maximum atomic E-state index is 10.9. The predicted molar refractivity (Wildman–Crippen MR) is 127 cm³/mol. The summed E-state index contributed by atoms with van der Waals surface area (Å²) in [6.45, 7) is 6.15. The van der Waals surface area contributed by atoms with Crippen molar-refractivity contribution >= 4 is 5.91 Å². The van der Waals surface area contributed by atoms with Gasteiger partial charge in [0.1, 0.15) is 5.75 Å². The number of carbonyl (C=O) groups excluding carboxylic acids is 1. The van der Waals surface area contributed by atoms with Crippen LogP contribution in [0.4, 0.5) is 0 Å². The van der Waals surface area contributed by atoms with E-state index < -0.39 is 0 Å². The number of amides is 1. The Morgan fingerprint density at radius 1 is 1.10 bits per heavy atom. The lowest BCUT2D eigenvalue weighted by Gasteiger charge is -2.51. The summed E-state index contributed by atoms with van der Waals surface area (Å²) < 4.78 is 5.47. The normalized spacial score (nSPS) is 31.5. The van der Waals surface area contributed by atoms with Gasteiger partial charge in [0.25, 0.3) is 0 Å². The first-order chi connectivity index (χ1) is 15.0. The minimum atomic E-state index is 0.0848. The van der Waals surface area contributed by atoms with Crippen molar-refractivity contribution in [3.8, 4) is 5.75 Å². The molecule has 4 rings (SSSR count). The second kappa shape index (κ2) is 9.94. The Kier molecular flexibility index (Phi) is 7.26. The molecule has 31 heavy (non-hydrogen) atoms. The smallest absolute Gasteiger partial charge is 0.216 e. The van der Waals surface area contributed by atoms with Gasteiger partial charge in [-0.05, 0) is 104 Å². The van der Waals surface area contributed by atoms with Gasteiger partial charge in [-0.3, -0.25) is 4.79 Å². The van der Waals surface area contributed by atoms with Gasteiger partial charge < -0.3 is 15.4 Å². The Bertz CT molecular complexity index is 764. The van der Waals surface area contributed by atoms with Crippen molar-refractivity contribution in [3.63, 3.8) is 0 Å². The van der Waals surface area contributed by atoms with Gasteiger partial charge in [0.05, 0.1) is 7.11 Å². The Morgan fingerprint density at radius 2 is 1.90 bits per heavy atom. The SMILES string of the molecule is COc1ccc2c(c1)CC[C@@H]1[C@@H]2CC[C@]2(C)C(NCCCCCCNC(C)=O)CC[C@@H]12. The van der Waals surface area contributed by atoms with E-state index >= 15 is 0 Å². The highest BCUT2D eigenvalue weighted by atomic mass is 16.5. The first-order valence-electron chi connectivity index (χ1n) is 12.7. The molecule has 3 aliphatic carbocycles. The van der Waals surface area contributed by atoms with Crippen LogP contribution in [0.25, 0.3) is 0 Å². The van der Waals surface area contributed by atoms with Gasteiger partial charge in [-0.15, -0.1) is 0 Å². The van der Waals surface area contributed by atoms with Gasteiger partial charge >= 0.3 is 0 Å². The topological polar surface area (TPSA) is 50.4 Å². The largest absolute Gasteiger partial charge is 0.497 e. The zero-order chi connectivity index (χ0) is 21.8. The average molecular weight is 427 g/mol. The minimum absolute atomic E-state index is 0.0848. The Balaban J connectivity index is 1.28. The van der Waals surface area contributed by atoms with E-state index in [1.165, 1.54) is 63.4 Å². The quantitative estimate of drug-likeness (QED) is 0.533. The van der Waals surface area contributed by atoms with E-state index in [9.17, 15) is 4.79 Å². The molecule has 0 heterocycles. The van der Waals surface area contributed by atoms with E-state index in [0.29, 0.717) is 11.5 Å². The molecule has 1 aromatic rings. The fourth-order valence-corrected chi connectivity index (χ4v) is 7.17. The molecule has 4 heteroatoms. The lowest BCUT2D eigenvalue weighted by Crippen LogP contribution is -2.48. The molecule has 2 saturated carbocycles. The van der Waals surface area contributed by atoms with Crippen molar-refractivity contribution in [2.75, 3.05) is 20.2 Å². The van der Waals surface area contributed by atoms with Crippen LogP contribution in [-0.4, -0.2) is 32.1 Å². The lowest BCUT2D eigenvalue weighted by molar-refractivity contribution is -0.118. The Labute approximate surface area is 188 Å². The second-order valence-electron chi connectivity index (χ2n) is 10.5. The van der Waals surface area contributed by atoms with Crippen molar-refractivity contribution < 1.29 is 9.53 Å². The van der Waals surface area contributed by atoms with Crippen LogP contribution in [-0.2, 0) is 11.2 Å². The highest BCUT2D eigenvalue weighted by Gasteiger charge is 2.54. The molecule has 2 N–H and O–H groups in total. The third kappa shape index (κ3) is 4.79. The molecule has 0 radical (unpaired) electrons. The van der Waals surface area contributed by atoms with Crippen LogP contribution in [0.15, 0.2) is 18.2 Å². The summed E-state index contributed by atoms with van der Waals surface area (Å²) in [7, 11) is 1.77. The number of benzene rings is 1. The van der Waals surface area contributed by atoms with Gasteiger partial charge in [0, 0.05) is 19.5 Å². The molecule has 0 aliphatic heterocycles. The van der Waals surface area contributed by atoms with E-state index in [4.69, 9.17) is 4.74 Å². The van der Waals surface area contributed by atoms with Crippen molar-refractivity contribution in [1.82, 2.24) is 10.6 Å². The van der Waals surface area contributed by atoms with Gasteiger partial charge in [0.2, 0.25) is 5.91 Å². The monoisotopic (exact) mass is 426 g/mol. The van der Waals surface area contributed by atoms with E-state index in [2.05, 4.69) is 35.8 Å². The summed E-state index contributed by atoms with van der Waals surface area (Å²) in [6.07, 6.45) is 12.8. The number of aryl methyl sites for hydroxylation is 1. The van der Waals surface area contributed by atoms with Crippen LogP contribution in [0.5, 0.6) is 5.75 Å². The second-order valence-corrected chi connectivity index (χ2v) is 10.5. The molecule has 3 aliphatic rings. The van der Waals surface area contributed by atoms with Gasteiger partial charge in [-0.2, -0.15) is 0 Å². The molecule has 1 unspecified atom stereocenters. The van der Waals surface area contributed by atoms with Crippen LogP contribution < -0.4 is 15.4 Å². The molecule has 2 fully saturated rings. The summed E-state index contributed by atoms with van der Waals surface area (Å²) in [5, 5.41) is 6.87. The summed E-state index contributed by atoms with van der Waals surface area (Å²) in [4.78, 5) is 10.9. The maximum Gasteiger partial charge on any atom is 0.216 e. The number of rotatable bonds is 9. The van der Waals surface area contributed by atoms with Crippen LogP contribution in [0.2, 0.25) is 0 Å². The van der Waals surface area contributed by atoms with Gasteiger partial charge in [-0.1, -0.05) is 25.8 Å². The molecule has 0 saturated heterocycles. The molecule has 5 atom stereocenters. The lowest BCUT2D eigenvalue weighted by atomic mass is 9.55. The number of nitrogens with one attached hydrogen (secondary N) is 2.